The third kappa shape index (κ3) is 3.59. The number of hydrogen-bond donors (Lipinski definition) is 0. The fourth-order valence-corrected chi connectivity index (χ4v) is 2.31. The van der Waals surface area contributed by atoms with Crippen LogP contribution < -0.4 is 0 Å². The summed E-state index contributed by atoms with van der Waals surface area (Å²) in [7, 11) is 0. The molecule has 0 aliphatic heterocycles. The Morgan fingerprint density at radius 2 is 2.08 bits per heavy atom. The van der Waals surface area contributed by atoms with Crippen molar-refractivity contribution in [1.82, 2.24) is 0 Å². The first-order chi connectivity index (χ1) is 5.83. The maximum atomic E-state index is 5.59. The zero-order valence-electron chi connectivity index (χ0n) is 7.48. The molecule has 0 saturated carbocycles. The quantitative estimate of drug-likeness (QED) is 0.500. The molecule has 0 saturated heterocycles. The van der Waals surface area contributed by atoms with Gasteiger partial charge >= 0.3 is 0 Å². The molecule has 0 bridgehead atoms. The van der Waals surface area contributed by atoms with Crippen molar-refractivity contribution in [2.75, 3.05) is 5.88 Å². The molecule has 0 aliphatic carbocycles. The number of thiophene rings is 1. The number of halogens is 1. The summed E-state index contributed by atoms with van der Waals surface area (Å²) in [6.45, 7) is 2.16. The van der Waals surface area contributed by atoms with E-state index in [1.165, 1.54) is 29.0 Å². The zero-order chi connectivity index (χ0) is 8.81. The van der Waals surface area contributed by atoms with E-state index in [1.807, 2.05) is 11.3 Å². The van der Waals surface area contributed by atoms with Gasteiger partial charge in [-0.3, -0.25) is 0 Å². The van der Waals surface area contributed by atoms with Crippen molar-refractivity contribution in [2.45, 2.75) is 32.6 Å². The fraction of sp³-hybridized carbons (Fsp3) is 0.600. The Morgan fingerprint density at radius 1 is 1.25 bits per heavy atom. The maximum absolute atomic E-state index is 5.59. The van der Waals surface area contributed by atoms with E-state index in [0.29, 0.717) is 0 Å². The molecule has 0 nitrogen and oxygen atoms in total. The van der Waals surface area contributed by atoms with Gasteiger partial charge in [-0.25, -0.2) is 0 Å². The highest BCUT2D eigenvalue weighted by Gasteiger charge is 1.95. The van der Waals surface area contributed by atoms with Crippen molar-refractivity contribution in [3.05, 3.63) is 21.9 Å². The van der Waals surface area contributed by atoms with Gasteiger partial charge in [-0.1, -0.05) is 6.42 Å². The monoisotopic (exact) mass is 202 g/mol. The van der Waals surface area contributed by atoms with Crippen molar-refractivity contribution < 1.29 is 0 Å². The van der Waals surface area contributed by atoms with Gasteiger partial charge in [0.15, 0.2) is 0 Å². The van der Waals surface area contributed by atoms with Gasteiger partial charge in [0.2, 0.25) is 0 Å². The first kappa shape index (κ1) is 10.1. The summed E-state index contributed by atoms with van der Waals surface area (Å²) >= 11 is 7.50. The Hall–Kier alpha value is -0.0100. The van der Waals surface area contributed by atoms with Gasteiger partial charge in [-0.15, -0.1) is 22.9 Å². The first-order valence-corrected chi connectivity index (χ1v) is 5.79. The van der Waals surface area contributed by atoms with Crippen LogP contribution in [0.1, 0.15) is 29.0 Å². The Balaban J connectivity index is 2.15. The molecule has 1 aromatic heterocycles. The van der Waals surface area contributed by atoms with Gasteiger partial charge in [0.25, 0.3) is 0 Å². The molecule has 0 unspecified atom stereocenters. The number of rotatable bonds is 5. The molecule has 0 aliphatic rings. The van der Waals surface area contributed by atoms with E-state index in [-0.39, 0.29) is 0 Å². The van der Waals surface area contributed by atoms with Crippen LogP contribution in [0.15, 0.2) is 12.1 Å². The van der Waals surface area contributed by atoms with Crippen molar-refractivity contribution in [3.63, 3.8) is 0 Å². The highest BCUT2D eigenvalue weighted by Crippen LogP contribution is 2.17. The van der Waals surface area contributed by atoms with Crippen molar-refractivity contribution in [1.29, 1.82) is 0 Å². The Kier molecular flexibility index (Phi) is 4.70. The number of unbranched alkanes of at least 4 members (excludes halogenated alkanes) is 2. The SMILES string of the molecule is Cc1ccc(CCCCCCl)s1. The molecular formula is C10H15ClS. The lowest BCUT2D eigenvalue weighted by molar-refractivity contribution is 0.726. The van der Waals surface area contributed by atoms with Gasteiger partial charge in [-0.05, 0) is 38.3 Å². The van der Waals surface area contributed by atoms with Crippen molar-refractivity contribution in [2.24, 2.45) is 0 Å². The third-order valence-corrected chi connectivity index (χ3v) is 3.18. The number of alkyl halides is 1. The smallest absolute Gasteiger partial charge is 0.0223 e. The highest BCUT2D eigenvalue weighted by atomic mass is 35.5. The molecule has 0 radical (unpaired) electrons. The van der Waals surface area contributed by atoms with Gasteiger partial charge in [0.05, 0.1) is 0 Å². The van der Waals surface area contributed by atoms with Crippen LogP contribution >= 0.6 is 22.9 Å². The second-order valence-electron chi connectivity index (χ2n) is 3.01. The van der Waals surface area contributed by atoms with Gasteiger partial charge < -0.3 is 0 Å². The standard InChI is InChI=1S/C10H15ClS/c1-9-6-7-10(12-9)5-3-2-4-8-11/h6-7H,2-5,8H2,1H3. The maximum Gasteiger partial charge on any atom is 0.0223 e. The average Bonchev–Trinajstić information content (AvgIpc) is 2.45. The predicted octanol–water partition coefficient (Wildman–Crippen LogP) is 4.01. The number of hydrogen-bond acceptors (Lipinski definition) is 1. The van der Waals surface area contributed by atoms with E-state index in [4.69, 9.17) is 11.6 Å². The van der Waals surface area contributed by atoms with Crippen LogP contribution in [0.3, 0.4) is 0 Å². The Bertz CT molecular complexity index is 217. The van der Waals surface area contributed by atoms with E-state index < -0.39 is 0 Å². The van der Waals surface area contributed by atoms with E-state index in [1.54, 1.807) is 0 Å². The summed E-state index contributed by atoms with van der Waals surface area (Å²) in [5.41, 5.74) is 0. The topological polar surface area (TPSA) is 0 Å². The third-order valence-electron chi connectivity index (χ3n) is 1.85. The Morgan fingerprint density at radius 3 is 2.67 bits per heavy atom. The summed E-state index contributed by atoms with van der Waals surface area (Å²) in [4.78, 5) is 2.93. The van der Waals surface area contributed by atoms with Crippen LogP contribution in [0.25, 0.3) is 0 Å². The van der Waals surface area contributed by atoms with Crippen LogP contribution in [0.2, 0.25) is 0 Å². The second kappa shape index (κ2) is 5.60. The molecule has 1 rings (SSSR count). The van der Waals surface area contributed by atoms with Crippen LogP contribution in [0, 0.1) is 6.92 Å². The predicted molar refractivity (Wildman–Crippen MR) is 57.3 cm³/mol. The Labute approximate surface area is 83.6 Å². The molecule has 0 atom stereocenters. The van der Waals surface area contributed by atoms with Gasteiger partial charge in [0, 0.05) is 15.6 Å². The van der Waals surface area contributed by atoms with Gasteiger partial charge in [0.1, 0.15) is 0 Å². The van der Waals surface area contributed by atoms with Crippen LogP contribution in [-0.4, -0.2) is 5.88 Å². The lowest BCUT2D eigenvalue weighted by Gasteiger charge is -1.95. The molecule has 68 valence electrons. The fourth-order valence-electron chi connectivity index (χ4n) is 1.19. The minimum Gasteiger partial charge on any atom is -0.146 e. The lowest BCUT2D eigenvalue weighted by atomic mass is 10.2. The highest BCUT2D eigenvalue weighted by molar-refractivity contribution is 7.11. The average molecular weight is 203 g/mol. The van der Waals surface area contributed by atoms with Crippen molar-refractivity contribution in [3.8, 4) is 0 Å². The van der Waals surface area contributed by atoms with Gasteiger partial charge in [-0.2, -0.15) is 0 Å². The lowest BCUT2D eigenvalue weighted by Crippen LogP contribution is -1.81. The molecule has 12 heavy (non-hydrogen) atoms. The zero-order valence-corrected chi connectivity index (χ0v) is 9.05. The molecule has 1 heterocycles. The molecule has 2 heteroatoms. The second-order valence-corrected chi connectivity index (χ2v) is 4.76. The molecule has 0 spiro atoms. The van der Waals surface area contributed by atoms with E-state index in [0.717, 1.165) is 12.3 Å². The summed E-state index contributed by atoms with van der Waals surface area (Å²) in [5, 5.41) is 0. The summed E-state index contributed by atoms with van der Waals surface area (Å²) in [5.74, 6) is 0.809. The molecular weight excluding hydrogens is 188 g/mol. The number of aryl methyl sites for hydroxylation is 2. The summed E-state index contributed by atoms with van der Waals surface area (Å²) in [6.07, 6.45) is 4.94. The summed E-state index contributed by atoms with van der Waals surface area (Å²) in [6, 6.07) is 4.43. The van der Waals surface area contributed by atoms with Crippen LogP contribution in [0.4, 0.5) is 0 Å². The minimum absolute atomic E-state index is 0.809. The van der Waals surface area contributed by atoms with Crippen molar-refractivity contribution >= 4 is 22.9 Å². The molecule has 0 aromatic carbocycles. The van der Waals surface area contributed by atoms with E-state index >= 15 is 0 Å². The minimum atomic E-state index is 0.809. The molecule has 0 fully saturated rings. The normalized spacial score (nSPS) is 10.5. The summed E-state index contributed by atoms with van der Waals surface area (Å²) < 4.78 is 0. The van der Waals surface area contributed by atoms with E-state index in [9.17, 15) is 0 Å². The molecule has 0 N–H and O–H groups in total. The molecule has 1 aromatic rings. The first-order valence-electron chi connectivity index (χ1n) is 4.44. The van der Waals surface area contributed by atoms with Crippen LogP contribution in [0.5, 0.6) is 0 Å². The molecule has 0 amide bonds. The largest absolute Gasteiger partial charge is 0.146 e. The van der Waals surface area contributed by atoms with Crippen LogP contribution in [-0.2, 0) is 6.42 Å². The van der Waals surface area contributed by atoms with E-state index in [2.05, 4.69) is 19.1 Å².